The predicted octanol–water partition coefficient (Wildman–Crippen LogP) is 1.58. The Hall–Kier alpha value is -1.84. The number of fused-ring (bicyclic) bond motifs is 1. The van der Waals surface area contributed by atoms with E-state index in [2.05, 4.69) is 4.74 Å². The van der Waals surface area contributed by atoms with Crippen molar-refractivity contribution in [1.29, 1.82) is 0 Å². The maximum absolute atomic E-state index is 12.0. The van der Waals surface area contributed by atoms with Gasteiger partial charge in [0.15, 0.2) is 5.60 Å². The molecule has 0 bridgehead atoms. The largest absolute Gasteiger partial charge is 0.478 e. The first-order valence-electron chi connectivity index (χ1n) is 5.12. The molecule has 3 rings (SSSR count). The zero-order chi connectivity index (χ0) is 11.3. The topological polar surface area (TPSA) is 52.6 Å². The highest BCUT2D eigenvalue weighted by atomic mass is 16.5. The highest BCUT2D eigenvalue weighted by Crippen LogP contribution is 2.49. The van der Waals surface area contributed by atoms with Crippen LogP contribution in [0.5, 0.6) is 5.75 Å². The zero-order valence-corrected chi connectivity index (χ0v) is 8.78. The molecule has 1 aliphatic carbocycles. The van der Waals surface area contributed by atoms with Crippen LogP contribution < -0.4 is 4.74 Å². The number of carbonyl (C=O) groups is 2. The maximum atomic E-state index is 12.0. The van der Waals surface area contributed by atoms with Gasteiger partial charge >= 0.3 is 5.97 Å². The van der Waals surface area contributed by atoms with E-state index < -0.39 is 11.6 Å². The van der Waals surface area contributed by atoms with Gasteiger partial charge in [0.1, 0.15) is 5.75 Å². The molecule has 1 saturated carbocycles. The monoisotopic (exact) mass is 218 g/mol. The van der Waals surface area contributed by atoms with Gasteiger partial charge in [-0.1, -0.05) is 0 Å². The van der Waals surface area contributed by atoms with Gasteiger partial charge in [0.05, 0.1) is 18.2 Å². The van der Waals surface area contributed by atoms with Crippen LogP contribution in [0.15, 0.2) is 18.2 Å². The lowest BCUT2D eigenvalue weighted by Gasteiger charge is -2.03. The summed E-state index contributed by atoms with van der Waals surface area (Å²) >= 11 is 0. The molecule has 0 N–H and O–H groups in total. The van der Waals surface area contributed by atoms with Crippen molar-refractivity contribution in [2.24, 2.45) is 0 Å². The number of carbonyl (C=O) groups excluding carboxylic acids is 2. The molecule has 0 unspecified atom stereocenters. The normalized spacial score (nSPS) is 19.2. The summed E-state index contributed by atoms with van der Waals surface area (Å²) in [6, 6.07) is 4.82. The van der Waals surface area contributed by atoms with Crippen molar-refractivity contribution in [2.45, 2.75) is 18.4 Å². The van der Waals surface area contributed by atoms with E-state index in [1.54, 1.807) is 18.2 Å². The van der Waals surface area contributed by atoms with Crippen molar-refractivity contribution in [1.82, 2.24) is 0 Å². The number of ether oxygens (including phenoxy) is 2. The molecule has 16 heavy (non-hydrogen) atoms. The Balaban J connectivity index is 2.04. The molecule has 1 fully saturated rings. The van der Waals surface area contributed by atoms with Gasteiger partial charge in [-0.2, -0.15) is 0 Å². The van der Waals surface area contributed by atoms with Crippen LogP contribution in [0, 0.1) is 0 Å². The van der Waals surface area contributed by atoms with Crippen molar-refractivity contribution in [3.05, 3.63) is 29.3 Å². The minimum Gasteiger partial charge on any atom is -0.478 e. The summed E-state index contributed by atoms with van der Waals surface area (Å²) in [5, 5.41) is 0. The number of hydrogen-bond donors (Lipinski definition) is 0. The van der Waals surface area contributed by atoms with Crippen molar-refractivity contribution >= 4 is 11.8 Å². The van der Waals surface area contributed by atoms with E-state index in [0.29, 0.717) is 16.9 Å². The minimum atomic E-state index is -0.600. The molecule has 4 nitrogen and oxygen atoms in total. The number of ketones is 1. The average Bonchev–Trinajstić information content (AvgIpc) is 3.02. The Morgan fingerprint density at radius 1 is 1.44 bits per heavy atom. The molecule has 1 aromatic carbocycles. The fourth-order valence-corrected chi connectivity index (χ4v) is 1.99. The predicted molar refractivity (Wildman–Crippen MR) is 54.7 cm³/mol. The standard InChI is InChI=1S/C12H10O4/c1-15-11(14)7-2-3-9-8(6-7)10(13)12(16-9)4-5-12/h2-3,6H,4-5H2,1H3. The van der Waals surface area contributed by atoms with Gasteiger partial charge in [-0.05, 0) is 31.0 Å². The lowest BCUT2D eigenvalue weighted by Crippen LogP contribution is -2.21. The summed E-state index contributed by atoms with van der Waals surface area (Å²) < 4.78 is 10.2. The van der Waals surface area contributed by atoms with Crippen molar-refractivity contribution < 1.29 is 19.1 Å². The van der Waals surface area contributed by atoms with E-state index in [1.165, 1.54) is 7.11 Å². The van der Waals surface area contributed by atoms with E-state index in [4.69, 9.17) is 4.74 Å². The molecule has 0 aromatic heterocycles. The lowest BCUT2D eigenvalue weighted by atomic mass is 10.0. The molecule has 0 amide bonds. The van der Waals surface area contributed by atoms with Crippen LogP contribution in [0.3, 0.4) is 0 Å². The van der Waals surface area contributed by atoms with Gasteiger partial charge in [-0.15, -0.1) is 0 Å². The fraction of sp³-hybridized carbons (Fsp3) is 0.333. The van der Waals surface area contributed by atoms with Crippen LogP contribution >= 0.6 is 0 Å². The number of rotatable bonds is 1. The SMILES string of the molecule is COC(=O)c1ccc2c(c1)C(=O)C1(CC1)O2. The molecule has 4 heteroatoms. The summed E-state index contributed by atoms with van der Waals surface area (Å²) in [5.74, 6) is 0.135. The second-order valence-corrected chi connectivity index (χ2v) is 4.13. The van der Waals surface area contributed by atoms with Gasteiger partial charge in [0.2, 0.25) is 5.78 Å². The van der Waals surface area contributed by atoms with Gasteiger partial charge < -0.3 is 9.47 Å². The zero-order valence-electron chi connectivity index (χ0n) is 8.78. The third kappa shape index (κ3) is 1.10. The van der Waals surface area contributed by atoms with E-state index >= 15 is 0 Å². The van der Waals surface area contributed by atoms with Gasteiger partial charge in [-0.3, -0.25) is 4.79 Å². The highest BCUT2D eigenvalue weighted by molar-refractivity contribution is 6.10. The van der Waals surface area contributed by atoms with Crippen LogP contribution in [-0.2, 0) is 4.74 Å². The van der Waals surface area contributed by atoms with Crippen molar-refractivity contribution in [3.8, 4) is 5.75 Å². The summed E-state index contributed by atoms with van der Waals surface area (Å²) in [7, 11) is 1.32. The number of methoxy groups -OCH3 is 1. The molecule has 1 aliphatic heterocycles. The summed E-state index contributed by atoms with van der Waals surface area (Å²) in [6.45, 7) is 0. The number of hydrogen-bond acceptors (Lipinski definition) is 4. The quantitative estimate of drug-likeness (QED) is 0.671. The van der Waals surface area contributed by atoms with Crippen LogP contribution in [0.2, 0.25) is 0 Å². The molecule has 82 valence electrons. The molecule has 1 spiro atoms. The van der Waals surface area contributed by atoms with Gasteiger partial charge in [0.25, 0.3) is 0 Å². The van der Waals surface area contributed by atoms with E-state index in [0.717, 1.165) is 12.8 Å². The third-order valence-corrected chi connectivity index (χ3v) is 3.07. The minimum absolute atomic E-state index is 0.00625. The fourth-order valence-electron chi connectivity index (χ4n) is 1.99. The van der Waals surface area contributed by atoms with E-state index in [-0.39, 0.29) is 5.78 Å². The number of benzene rings is 1. The van der Waals surface area contributed by atoms with Crippen LogP contribution in [0.4, 0.5) is 0 Å². The Morgan fingerprint density at radius 2 is 2.19 bits per heavy atom. The highest BCUT2D eigenvalue weighted by Gasteiger charge is 2.57. The molecule has 1 heterocycles. The summed E-state index contributed by atoms with van der Waals surface area (Å²) in [5.41, 5.74) is 0.285. The van der Waals surface area contributed by atoms with E-state index in [1.807, 2.05) is 0 Å². The number of esters is 1. The molecule has 0 radical (unpaired) electrons. The van der Waals surface area contributed by atoms with E-state index in [9.17, 15) is 9.59 Å². The van der Waals surface area contributed by atoms with Crippen LogP contribution in [0.25, 0.3) is 0 Å². The Labute approximate surface area is 92.2 Å². The molecule has 1 aromatic rings. The Bertz CT molecular complexity index is 500. The van der Waals surface area contributed by atoms with Crippen LogP contribution in [-0.4, -0.2) is 24.5 Å². The molecular weight excluding hydrogens is 208 g/mol. The maximum Gasteiger partial charge on any atom is 0.337 e. The second-order valence-electron chi connectivity index (χ2n) is 4.13. The van der Waals surface area contributed by atoms with Gasteiger partial charge in [0, 0.05) is 0 Å². The first-order valence-corrected chi connectivity index (χ1v) is 5.12. The first-order chi connectivity index (χ1) is 7.66. The summed E-state index contributed by atoms with van der Waals surface area (Å²) in [4.78, 5) is 23.3. The first kappa shape index (κ1) is 9.39. The van der Waals surface area contributed by atoms with Crippen molar-refractivity contribution in [2.75, 3.05) is 7.11 Å². The lowest BCUT2D eigenvalue weighted by molar-refractivity contribution is 0.0600. The van der Waals surface area contributed by atoms with Crippen molar-refractivity contribution in [3.63, 3.8) is 0 Å². The molecule has 0 saturated heterocycles. The van der Waals surface area contributed by atoms with Gasteiger partial charge in [-0.25, -0.2) is 4.79 Å². The molecular formula is C12H10O4. The smallest absolute Gasteiger partial charge is 0.337 e. The Morgan fingerprint density at radius 3 is 2.81 bits per heavy atom. The second kappa shape index (κ2) is 2.84. The Kier molecular flexibility index (Phi) is 1.67. The molecule has 0 atom stereocenters. The average molecular weight is 218 g/mol. The number of Topliss-reactive ketones (excluding diaryl/α,β-unsaturated/α-hetero) is 1. The third-order valence-electron chi connectivity index (χ3n) is 3.07. The molecule has 2 aliphatic rings. The van der Waals surface area contributed by atoms with Crippen LogP contribution in [0.1, 0.15) is 33.6 Å². The summed E-state index contributed by atoms with van der Waals surface area (Å²) in [6.07, 6.45) is 1.54.